The Morgan fingerprint density at radius 1 is 1.27 bits per heavy atom. The highest BCUT2D eigenvalue weighted by Crippen LogP contribution is 2.29. The van der Waals surface area contributed by atoms with Crippen LogP contribution in [0.1, 0.15) is 32.3 Å². The molecule has 1 atom stereocenters. The largest absolute Gasteiger partial charge is 0.372 e. The Morgan fingerprint density at radius 2 is 2.00 bits per heavy atom. The van der Waals surface area contributed by atoms with Crippen molar-refractivity contribution in [1.29, 1.82) is 0 Å². The van der Waals surface area contributed by atoms with Crippen LogP contribution in [-0.2, 0) is 4.79 Å². The average Bonchev–Trinajstić information content (AvgIpc) is 2.19. The van der Waals surface area contributed by atoms with E-state index < -0.39 is 0 Å². The molecular formula is C12H16N2O. The summed E-state index contributed by atoms with van der Waals surface area (Å²) < 4.78 is 0. The highest BCUT2D eigenvalue weighted by molar-refractivity contribution is 6.02. The summed E-state index contributed by atoms with van der Waals surface area (Å²) in [6.45, 7) is 6.14. The summed E-state index contributed by atoms with van der Waals surface area (Å²) in [6.07, 6.45) is 0. The van der Waals surface area contributed by atoms with E-state index in [1.165, 1.54) is 5.56 Å². The Balaban J connectivity index is 2.37. The first-order valence-electron chi connectivity index (χ1n) is 5.29. The van der Waals surface area contributed by atoms with E-state index in [4.69, 9.17) is 0 Å². The molecular weight excluding hydrogens is 188 g/mol. The lowest BCUT2D eigenvalue weighted by Gasteiger charge is -2.25. The fourth-order valence-corrected chi connectivity index (χ4v) is 1.69. The maximum Gasteiger partial charge on any atom is 0.246 e. The lowest BCUT2D eigenvalue weighted by Crippen LogP contribution is -2.36. The normalized spacial score (nSPS) is 19.5. The van der Waals surface area contributed by atoms with Crippen molar-refractivity contribution in [3.05, 3.63) is 23.8 Å². The molecule has 1 amide bonds. The topological polar surface area (TPSA) is 41.1 Å². The third-order valence-electron chi connectivity index (χ3n) is 2.73. The first-order valence-corrected chi connectivity index (χ1v) is 5.29. The molecule has 0 aromatic heterocycles. The minimum Gasteiger partial charge on any atom is -0.372 e. The van der Waals surface area contributed by atoms with Crippen molar-refractivity contribution in [2.24, 2.45) is 0 Å². The maximum absolute atomic E-state index is 11.5. The number of fused-ring (bicyclic) bond motifs is 1. The first kappa shape index (κ1) is 10.0. The van der Waals surface area contributed by atoms with Gasteiger partial charge in [0.25, 0.3) is 0 Å². The van der Waals surface area contributed by atoms with Gasteiger partial charge in [0.2, 0.25) is 5.91 Å². The zero-order chi connectivity index (χ0) is 11.0. The molecule has 3 nitrogen and oxygen atoms in total. The van der Waals surface area contributed by atoms with Crippen LogP contribution in [0, 0.1) is 0 Å². The molecule has 0 saturated heterocycles. The maximum atomic E-state index is 11.5. The second-order valence-corrected chi connectivity index (χ2v) is 4.31. The Kier molecular flexibility index (Phi) is 2.39. The lowest BCUT2D eigenvalue weighted by molar-refractivity contribution is -0.116. The molecule has 2 N–H and O–H groups in total. The SMILES string of the molecule is CC1Nc2ccc(C(C)C)cc2NC1=O. The number of benzene rings is 1. The molecule has 1 aliphatic rings. The Labute approximate surface area is 89.9 Å². The zero-order valence-electron chi connectivity index (χ0n) is 9.29. The second-order valence-electron chi connectivity index (χ2n) is 4.31. The van der Waals surface area contributed by atoms with Gasteiger partial charge in [-0.2, -0.15) is 0 Å². The van der Waals surface area contributed by atoms with Crippen LogP contribution in [0.15, 0.2) is 18.2 Å². The molecule has 15 heavy (non-hydrogen) atoms. The van der Waals surface area contributed by atoms with Gasteiger partial charge in [0.1, 0.15) is 6.04 Å². The first-order chi connectivity index (χ1) is 7.08. The van der Waals surface area contributed by atoms with E-state index in [1.807, 2.05) is 19.1 Å². The predicted octanol–water partition coefficient (Wildman–Crippen LogP) is 2.56. The van der Waals surface area contributed by atoms with Crippen LogP contribution < -0.4 is 10.6 Å². The number of amides is 1. The fraction of sp³-hybridized carbons (Fsp3) is 0.417. The molecule has 1 aromatic carbocycles. The third kappa shape index (κ3) is 1.82. The number of carbonyl (C=O) groups excluding carboxylic acids is 1. The summed E-state index contributed by atoms with van der Waals surface area (Å²) in [5.74, 6) is 0.509. The molecule has 3 heteroatoms. The Hall–Kier alpha value is -1.51. The van der Waals surface area contributed by atoms with Gasteiger partial charge in [-0.3, -0.25) is 4.79 Å². The van der Waals surface area contributed by atoms with Gasteiger partial charge in [0, 0.05) is 0 Å². The molecule has 0 radical (unpaired) electrons. The number of rotatable bonds is 1. The molecule has 1 aromatic rings. The number of hydrogen-bond acceptors (Lipinski definition) is 2. The standard InChI is InChI=1S/C12H16N2O/c1-7(2)9-4-5-10-11(6-9)14-12(15)8(3)13-10/h4-8,13H,1-3H3,(H,14,15). The summed E-state index contributed by atoms with van der Waals surface area (Å²) >= 11 is 0. The van der Waals surface area contributed by atoms with Crippen LogP contribution in [0.3, 0.4) is 0 Å². The minimum absolute atomic E-state index is 0.0309. The highest BCUT2D eigenvalue weighted by atomic mass is 16.2. The number of nitrogens with one attached hydrogen (secondary N) is 2. The van der Waals surface area contributed by atoms with E-state index in [1.54, 1.807) is 0 Å². The van der Waals surface area contributed by atoms with Gasteiger partial charge >= 0.3 is 0 Å². The summed E-state index contributed by atoms with van der Waals surface area (Å²) in [6, 6.07) is 6.01. The van der Waals surface area contributed by atoms with Crippen LogP contribution in [0.5, 0.6) is 0 Å². The monoisotopic (exact) mass is 204 g/mol. The van der Waals surface area contributed by atoms with E-state index in [-0.39, 0.29) is 11.9 Å². The number of hydrogen-bond donors (Lipinski definition) is 2. The van der Waals surface area contributed by atoms with E-state index in [0.29, 0.717) is 5.92 Å². The van der Waals surface area contributed by atoms with Gasteiger partial charge in [-0.05, 0) is 30.5 Å². The van der Waals surface area contributed by atoms with E-state index in [2.05, 4.69) is 30.5 Å². The van der Waals surface area contributed by atoms with Crippen molar-refractivity contribution in [3.63, 3.8) is 0 Å². The van der Waals surface area contributed by atoms with Gasteiger partial charge < -0.3 is 10.6 Å². The summed E-state index contributed by atoms with van der Waals surface area (Å²) in [5.41, 5.74) is 3.14. The zero-order valence-corrected chi connectivity index (χ0v) is 9.29. The molecule has 0 fully saturated rings. The van der Waals surface area contributed by atoms with E-state index >= 15 is 0 Å². The van der Waals surface area contributed by atoms with Crippen molar-refractivity contribution in [2.75, 3.05) is 10.6 Å². The number of anilines is 2. The van der Waals surface area contributed by atoms with Gasteiger partial charge in [0.05, 0.1) is 11.4 Å². The highest BCUT2D eigenvalue weighted by Gasteiger charge is 2.21. The molecule has 0 aliphatic carbocycles. The van der Waals surface area contributed by atoms with Crippen molar-refractivity contribution < 1.29 is 4.79 Å². The van der Waals surface area contributed by atoms with Crippen molar-refractivity contribution in [1.82, 2.24) is 0 Å². The van der Waals surface area contributed by atoms with Crippen LogP contribution in [0.25, 0.3) is 0 Å². The summed E-state index contributed by atoms with van der Waals surface area (Å²) in [4.78, 5) is 11.5. The molecule has 1 aliphatic heterocycles. The second kappa shape index (κ2) is 3.57. The van der Waals surface area contributed by atoms with Crippen LogP contribution in [-0.4, -0.2) is 11.9 Å². The van der Waals surface area contributed by atoms with Gasteiger partial charge in [-0.1, -0.05) is 19.9 Å². The minimum atomic E-state index is -0.151. The van der Waals surface area contributed by atoms with Crippen molar-refractivity contribution >= 4 is 17.3 Å². The van der Waals surface area contributed by atoms with E-state index in [0.717, 1.165) is 11.4 Å². The predicted molar refractivity (Wildman–Crippen MR) is 62.2 cm³/mol. The van der Waals surface area contributed by atoms with Crippen molar-refractivity contribution in [3.8, 4) is 0 Å². The quantitative estimate of drug-likeness (QED) is 0.738. The molecule has 2 rings (SSSR count). The third-order valence-corrected chi connectivity index (χ3v) is 2.73. The average molecular weight is 204 g/mol. The Morgan fingerprint density at radius 3 is 2.67 bits per heavy atom. The molecule has 1 unspecified atom stereocenters. The van der Waals surface area contributed by atoms with Gasteiger partial charge in [0.15, 0.2) is 0 Å². The van der Waals surface area contributed by atoms with Crippen molar-refractivity contribution in [2.45, 2.75) is 32.7 Å². The number of carbonyl (C=O) groups is 1. The fourth-order valence-electron chi connectivity index (χ4n) is 1.69. The lowest BCUT2D eigenvalue weighted by atomic mass is 10.0. The molecule has 1 heterocycles. The van der Waals surface area contributed by atoms with E-state index in [9.17, 15) is 4.79 Å². The van der Waals surface area contributed by atoms with Crippen LogP contribution in [0.2, 0.25) is 0 Å². The summed E-state index contributed by atoms with van der Waals surface area (Å²) in [7, 11) is 0. The van der Waals surface area contributed by atoms with Crippen LogP contribution in [0.4, 0.5) is 11.4 Å². The molecule has 0 saturated carbocycles. The Bertz CT molecular complexity index is 399. The molecule has 0 bridgehead atoms. The van der Waals surface area contributed by atoms with Gasteiger partial charge in [-0.15, -0.1) is 0 Å². The smallest absolute Gasteiger partial charge is 0.246 e. The molecule has 80 valence electrons. The van der Waals surface area contributed by atoms with Gasteiger partial charge in [-0.25, -0.2) is 0 Å². The molecule has 0 spiro atoms. The summed E-state index contributed by atoms with van der Waals surface area (Å²) in [5, 5.41) is 6.07. The van der Waals surface area contributed by atoms with Crippen LogP contribution >= 0.6 is 0 Å².